The van der Waals surface area contributed by atoms with Crippen molar-refractivity contribution in [1.29, 1.82) is 5.26 Å². The molecule has 2 aromatic carbocycles. The van der Waals surface area contributed by atoms with Crippen LogP contribution in [0.3, 0.4) is 0 Å². The smallest absolute Gasteiger partial charge is 0.249 e. The summed E-state index contributed by atoms with van der Waals surface area (Å²) in [5.41, 5.74) is 2.16. The fraction of sp³-hybridized carbons (Fsp3) is 0.481. The van der Waals surface area contributed by atoms with Crippen molar-refractivity contribution in [1.82, 2.24) is 5.06 Å². The Hall–Kier alpha value is -2.79. The largest absolute Gasteiger partial charge is 0.380 e. The minimum Gasteiger partial charge on any atom is -0.380 e. The summed E-state index contributed by atoms with van der Waals surface area (Å²) in [7, 11) is 0. The van der Waals surface area contributed by atoms with E-state index in [9.17, 15) is 14.3 Å². The molecule has 6 nitrogen and oxygen atoms in total. The molecular weight excluding hydrogens is 435 g/mol. The van der Waals surface area contributed by atoms with Crippen molar-refractivity contribution in [2.24, 2.45) is 11.8 Å². The molecule has 5 rings (SSSR count). The molecule has 178 valence electrons. The molecule has 1 atom stereocenters. The number of hydroxylamine groups is 2. The average Bonchev–Trinajstić information content (AvgIpc) is 3.33. The van der Waals surface area contributed by atoms with Gasteiger partial charge >= 0.3 is 0 Å². The van der Waals surface area contributed by atoms with Crippen molar-refractivity contribution in [2.75, 3.05) is 19.8 Å². The number of halogens is 1. The Bertz CT molecular complexity index is 1080. The SMILES string of the molecule is N#Cc1cc(F)cc([C@@H]2CCON2C(=O)C2CCC(Cc3ccc(C4(O)COC4)cc3)CC2)c1. The van der Waals surface area contributed by atoms with Gasteiger partial charge in [-0.25, -0.2) is 9.45 Å². The van der Waals surface area contributed by atoms with Crippen LogP contribution in [0.15, 0.2) is 42.5 Å². The average molecular weight is 465 g/mol. The zero-order valence-electron chi connectivity index (χ0n) is 19.1. The van der Waals surface area contributed by atoms with E-state index in [1.165, 1.54) is 22.8 Å². The van der Waals surface area contributed by atoms with Gasteiger partial charge in [-0.15, -0.1) is 0 Å². The van der Waals surface area contributed by atoms with Crippen LogP contribution in [0.4, 0.5) is 4.39 Å². The lowest BCUT2D eigenvalue weighted by Gasteiger charge is -2.36. The fourth-order valence-electron chi connectivity index (χ4n) is 5.40. The highest BCUT2D eigenvalue weighted by molar-refractivity contribution is 5.78. The van der Waals surface area contributed by atoms with E-state index in [-0.39, 0.29) is 23.4 Å². The summed E-state index contributed by atoms with van der Waals surface area (Å²) in [5, 5.41) is 21.0. The van der Waals surface area contributed by atoms with Crippen molar-refractivity contribution in [3.63, 3.8) is 0 Å². The second kappa shape index (κ2) is 9.46. The van der Waals surface area contributed by atoms with Gasteiger partial charge in [0.15, 0.2) is 0 Å². The van der Waals surface area contributed by atoms with Crippen molar-refractivity contribution < 1.29 is 23.9 Å². The van der Waals surface area contributed by atoms with Gasteiger partial charge in [-0.3, -0.25) is 9.63 Å². The highest BCUT2D eigenvalue weighted by Gasteiger charge is 2.39. The number of hydrogen-bond acceptors (Lipinski definition) is 5. The predicted molar refractivity (Wildman–Crippen MR) is 122 cm³/mol. The zero-order chi connectivity index (χ0) is 23.7. The molecule has 0 radical (unpaired) electrons. The maximum atomic E-state index is 14.0. The van der Waals surface area contributed by atoms with E-state index < -0.39 is 11.4 Å². The molecule has 2 heterocycles. The summed E-state index contributed by atoms with van der Waals surface area (Å²) >= 11 is 0. The third-order valence-corrected chi connectivity index (χ3v) is 7.45. The maximum Gasteiger partial charge on any atom is 0.249 e. The van der Waals surface area contributed by atoms with Gasteiger partial charge in [0.05, 0.1) is 37.5 Å². The number of nitrogens with zero attached hydrogens (tertiary/aromatic N) is 2. The minimum atomic E-state index is -0.839. The van der Waals surface area contributed by atoms with E-state index in [4.69, 9.17) is 14.8 Å². The van der Waals surface area contributed by atoms with Crippen LogP contribution in [0.5, 0.6) is 0 Å². The van der Waals surface area contributed by atoms with Crippen LogP contribution in [0.1, 0.15) is 60.4 Å². The Morgan fingerprint density at radius 1 is 1.12 bits per heavy atom. The minimum absolute atomic E-state index is 0.0379. The van der Waals surface area contributed by atoms with Crippen LogP contribution in [0, 0.1) is 29.0 Å². The molecule has 0 aromatic heterocycles. The number of benzene rings is 2. The first-order valence-electron chi connectivity index (χ1n) is 12.0. The number of rotatable bonds is 5. The van der Waals surface area contributed by atoms with Crippen LogP contribution in [0.2, 0.25) is 0 Å². The molecule has 1 saturated carbocycles. The van der Waals surface area contributed by atoms with E-state index in [1.54, 1.807) is 6.07 Å². The van der Waals surface area contributed by atoms with Crippen molar-refractivity contribution in [3.8, 4) is 6.07 Å². The number of carbonyl (C=O) groups is 1. The van der Waals surface area contributed by atoms with Crippen LogP contribution >= 0.6 is 0 Å². The topological polar surface area (TPSA) is 82.8 Å². The Morgan fingerprint density at radius 3 is 2.50 bits per heavy atom. The number of hydrogen-bond donors (Lipinski definition) is 1. The Kier molecular flexibility index (Phi) is 6.39. The Labute approximate surface area is 198 Å². The fourth-order valence-corrected chi connectivity index (χ4v) is 5.40. The molecule has 2 aromatic rings. The standard InChI is InChI=1S/C27H29FN2O4/c28-24-13-20(15-29)12-22(14-24)25-9-10-34-30(25)26(31)21-5-1-18(2-6-21)11-19-3-7-23(8-4-19)27(32)16-33-17-27/h3-4,7-8,12-14,18,21,25,32H,1-2,5-6,9-11,16-17H2/t18?,21?,25-/m0/s1. The molecule has 0 unspecified atom stereocenters. The van der Waals surface area contributed by atoms with Gasteiger partial charge in [0.1, 0.15) is 11.4 Å². The molecule has 3 aliphatic rings. The summed E-state index contributed by atoms with van der Waals surface area (Å²) in [6, 6.07) is 14.0. The molecule has 34 heavy (non-hydrogen) atoms. The first-order valence-corrected chi connectivity index (χ1v) is 12.0. The van der Waals surface area contributed by atoms with Gasteiger partial charge < -0.3 is 9.84 Å². The second-order valence-electron chi connectivity index (χ2n) is 9.83. The van der Waals surface area contributed by atoms with Gasteiger partial charge in [0, 0.05) is 12.3 Å². The Morgan fingerprint density at radius 2 is 1.85 bits per heavy atom. The normalized spacial score (nSPS) is 26.0. The molecule has 1 N–H and O–H groups in total. The van der Waals surface area contributed by atoms with E-state index in [0.717, 1.165) is 37.7 Å². The number of aliphatic hydroxyl groups is 1. The molecule has 1 aliphatic carbocycles. The van der Waals surface area contributed by atoms with Gasteiger partial charge in [0.2, 0.25) is 5.91 Å². The summed E-state index contributed by atoms with van der Waals surface area (Å²) in [5.74, 6) is -0.0982. The van der Waals surface area contributed by atoms with E-state index in [0.29, 0.717) is 37.7 Å². The van der Waals surface area contributed by atoms with E-state index in [2.05, 4.69) is 12.1 Å². The second-order valence-corrected chi connectivity index (χ2v) is 9.83. The van der Waals surface area contributed by atoms with E-state index >= 15 is 0 Å². The highest BCUT2D eigenvalue weighted by atomic mass is 19.1. The molecule has 0 spiro atoms. The zero-order valence-corrected chi connectivity index (χ0v) is 19.1. The van der Waals surface area contributed by atoms with Crippen molar-refractivity contribution in [3.05, 3.63) is 70.5 Å². The highest BCUT2D eigenvalue weighted by Crippen LogP contribution is 2.38. The quantitative estimate of drug-likeness (QED) is 0.718. The van der Waals surface area contributed by atoms with Crippen molar-refractivity contribution in [2.45, 2.75) is 50.2 Å². The van der Waals surface area contributed by atoms with Gasteiger partial charge in [-0.1, -0.05) is 24.3 Å². The molecule has 0 bridgehead atoms. The molecule has 1 amide bonds. The third kappa shape index (κ3) is 4.58. The number of amides is 1. The first kappa shape index (κ1) is 23.0. The third-order valence-electron chi connectivity index (χ3n) is 7.45. The number of ether oxygens (including phenoxy) is 1. The molecule has 3 fully saturated rings. The molecule has 2 aliphatic heterocycles. The maximum absolute atomic E-state index is 14.0. The monoisotopic (exact) mass is 464 g/mol. The van der Waals surface area contributed by atoms with E-state index in [1.807, 2.05) is 18.2 Å². The van der Waals surface area contributed by atoms with Crippen LogP contribution in [0.25, 0.3) is 0 Å². The molecule has 7 heteroatoms. The summed E-state index contributed by atoms with van der Waals surface area (Å²) in [6.45, 7) is 1.11. The lowest BCUT2D eigenvalue weighted by molar-refractivity contribution is -0.184. The number of carbonyl (C=O) groups excluding carboxylic acids is 1. The van der Waals surface area contributed by atoms with Gasteiger partial charge in [-0.2, -0.15) is 5.26 Å². The lowest BCUT2D eigenvalue weighted by Crippen LogP contribution is -2.46. The van der Waals surface area contributed by atoms with Crippen LogP contribution < -0.4 is 0 Å². The predicted octanol–water partition coefficient (Wildman–Crippen LogP) is 4.17. The van der Waals surface area contributed by atoms with Crippen LogP contribution in [-0.4, -0.2) is 35.9 Å². The van der Waals surface area contributed by atoms with Crippen molar-refractivity contribution >= 4 is 5.91 Å². The molecule has 2 saturated heterocycles. The van der Waals surface area contributed by atoms with Gasteiger partial charge in [-0.05, 0) is 72.9 Å². The van der Waals surface area contributed by atoms with Crippen LogP contribution in [-0.2, 0) is 26.4 Å². The summed E-state index contributed by atoms with van der Waals surface area (Å²) in [6.07, 6.45) is 5.08. The Balaban J connectivity index is 1.17. The summed E-state index contributed by atoms with van der Waals surface area (Å²) < 4.78 is 19.1. The molecular formula is C27H29FN2O4. The summed E-state index contributed by atoms with van der Waals surface area (Å²) in [4.78, 5) is 18.9. The number of nitriles is 1. The van der Waals surface area contributed by atoms with Gasteiger partial charge in [0.25, 0.3) is 0 Å². The first-order chi connectivity index (χ1) is 16.4. The lowest BCUT2D eigenvalue weighted by atomic mass is 9.78.